The molecule has 3 nitrogen and oxygen atoms in total. The zero-order valence-corrected chi connectivity index (χ0v) is 12.7. The molecule has 2 aromatic heterocycles. The second-order valence-electron chi connectivity index (χ2n) is 4.83. The van der Waals surface area contributed by atoms with Crippen molar-refractivity contribution in [2.45, 2.75) is 51.9 Å². The summed E-state index contributed by atoms with van der Waals surface area (Å²) in [5, 5.41) is 0.774. The second kappa shape index (κ2) is 7.11. The first-order valence-corrected chi connectivity index (χ1v) is 7.67. The minimum atomic E-state index is 0.312. The molecule has 104 valence electrons. The summed E-state index contributed by atoms with van der Waals surface area (Å²) in [6, 6.07) is 1.78. The number of imidazole rings is 1. The summed E-state index contributed by atoms with van der Waals surface area (Å²) in [6.07, 6.45) is 8.64. The zero-order valence-electron chi connectivity index (χ0n) is 11.2. The highest BCUT2D eigenvalue weighted by atomic mass is 35.5. The number of aryl methyl sites for hydroxylation is 1. The van der Waals surface area contributed by atoms with Gasteiger partial charge in [0.25, 0.3) is 0 Å². The maximum atomic E-state index is 5.93. The van der Waals surface area contributed by atoms with Crippen molar-refractivity contribution in [3.8, 4) is 0 Å². The molecule has 0 bridgehead atoms. The van der Waals surface area contributed by atoms with Crippen LogP contribution in [0.15, 0.2) is 6.07 Å². The summed E-state index contributed by atoms with van der Waals surface area (Å²) < 4.78 is 0. The third kappa shape index (κ3) is 4.08. The summed E-state index contributed by atoms with van der Waals surface area (Å²) in [4.78, 5) is 11.8. The summed E-state index contributed by atoms with van der Waals surface area (Å²) in [7, 11) is 0. The van der Waals surface area contributed by atoms with Crippen LogP contribution in [-0.4, -0.2) is 15.0 Å². The number of nitrogens with zero attached hydrogens (tertiary/aromatic N) is 2. The molecule has 0 aliphatic carbocycles. The van der Waals surface area contributed by atoms with Gasteiger partial charge in [-0.1, -0.05) is 62.2 Å². The molecule has 2 heterocycles. The number of aromatic nitrogens is 3. The Morgan fingerprint density at radius 2 is 1.79 bits per heavy atom. The van der Waals surface area contributed by atoms with Crippen molar-refractivity contribution in [1.29, 1.82) is 0 Å². The van der Waals surface area contributed by atoms with Gasteiger partial charge in [0.15, 0.2) is 5.65 Å². The van der Waals surface area contributed by atoms with Crippen LogP contribution in [-0.2, 0) is 6.42 Å². The third-order valence-electron chi connectivity index (χ3n) is 3.20. The van der Waals surface area contributed by atoms with Crippen molar-refractivity contribution in [2.24, 2.45) is 0 Å². The maximum absolute atomic E-state index is 5.93. The Hall–Kier alpha value is -0.800. The standard InChI is InChI=1S/C14H19Cl2N3/c1-2-3-4-5-6-7-8-12-17-11-9-10(15)13(16)19-14(11)18-12/h9H,2-8H2,1H3,(H,17,18,19). The second-order valence-corrected chi connectivity index (χ2v) is 5.60. The molecular weight excluding hydrogens is 281 g/mol. The maximum Gasteiger partial charge on any atom is 0.179 e. The molecule has 5 heteroatoms. The monoisotopic (exact) mass is 299 g/mol. The molecule has 0 unspecified atom stereocenters. The molecule has 2 aromatic rings. The molecule has 0 aromatic carbocycles. The number of fused-ring (bicyclic) bond motifs is 1. The van der Waals surface area contributed by atoms with Crippen molar-refractivity contribution in [2.75, 3.05) is 0 Å². The highest BCUT2D eigenvalue weighted by Crippen LogP contribution is 2.23. The van der Waals surface area contributed by atoms with Gasteiger partial charge in [0, 0.05) is 6.42 Å². The van der Waals surface area contributed by atoms with E-state index in [2.05, 4.69) is 21.9 Å². The Balaban J connectivity index is 1.87. The van der Waals surface area contributed by atoms with Gasteiger partial charge < -0.3 is 4.98 Å². The van der Waals surface area contributed by atoms with Gasteiger partial charge in [-0.3, -0.25) is 0 Å². The SMILES string of the molecule is CCCCCCCCc1nc2nc(Cl)c(Cl)cc2[nH]1. The molecule has 2 rings (SSSR count). The number of H-pyrrole nitrogens is 1. The fourth-order valence-electron chi connectivity index (χ4n) is 2.14. The zero-order chi connectivity index (χ0) is 13.7. The molecule has 1 N–H and O–H groups in total. The van der Waals surface area contributed by atoms with Gasteiger partial charge in [-0.15, -0.1) is 0 Å². The van der Waals surface area contributed by atoms with E-state index >= 15 is 0 Å². The van der Waals surface area contributed by atoms with E-state index in [1.54, 1.807) is 6.07 Å². The van der Waals surface area contributed by atoms with Crippen molar-refractivity contribution < 1.29 is 0 Å². The van der Waals surface area contributed by atoms with E-state index in [1.807, 2.05) is 0 Å². The van der Waals surface area contributed by atoms with Crippen LogP contribution in [0.25, 0.3) is 11.2 Å². The largest absolute Gasteiger partial charge is 0.341 e. The highest BCUT2D eigenvalue weighted by molar-refractivity contribution is 6.41. The molecule has 0 fully saturated rings. The van der Waals surface area contributed by atoms with Gasteiger partial charge in [0.05, 0.1) is 10.5 Å². The first-order valence-electron chi connectivity index (χ1n) is 6.91. The van der Waals surface area contributed by atoms with Crippen molar-refractivity contribution in [3.63, 3.8) is 0 Å². The molecule has 0 spiro atoms. The summed E-state index contributed by atoms with van der Waals surface area (Å²) in [5.74, 6) is 0.969. The van der Waals surface area contributed by atoms with Crippen molar-refractivity contribution in [3.05, 3.63) is 22.1 Å². The first kappa shape index (κ1) is 14.6. The van der Waals surface area contributed by atoms with Crippen LogP contribution < -0.4 is 0 Å². The molecule has 0 atom stereocenters. The van der Waals surface area contributed by atoms with Crippen LogP contribution in [0.3, 0.4) is 0 Å². The Morgan fingerprint density at radius 3 is 2.58 bits per heavy atom. The summed E-state index contributed by atoms with van der Waals surface area (Å²) >= 11 is 11.8. The molecule has 0 saturated carbocycles. The number of pyridine rings is 1. The van der Waals surface area contributed by atoms with E-state index in [-0.39, 0.29) is 0 Å². The van der Waals surface area contributed by atoms with Gasteiger partial charge in [0.1, 0.15) is 11.0 Å². The summed E-state index contributed by atoms with van der Waals surface area (Å²) in [5.41, 5.74) is 1.51. The molecule has 0 saturated heterocycles. The van der Waals surface area contributed by atoms with Gasteiger partial charge in [-0.2, -0.15) is 0 Å². The van der Waals surface area contributed by atoms with E-state index in [9.17, 15) is 0 Å². The lowest BCUT2D eigenvalue weighted by Gasteiger charge is -1.98. The molecular formula is C14H19Cl2N3. The van der Waals surface area contributed by atoms with Crippen LogP contribution in [0, 0.1) is 0 Å². The number of rotatable bonds is 7. The highest BCUT2D eigenvalue weighted by Gasteiger charge is 2.07. The third-order valence-corrected chi connectivity index (χ3v) is 3.87. The molecule has 0 radical (unpaired) electrons. The molecule has 0 aliphatic rings. The van der Waals surface area contributed by atoms with Crippen LogP contribution in [0.1, 0.15) is 51.3 Å². The van der Waals surface area contributed by atoms with E-state index in [1.165, 1.54) is 32.1 Å². The average molecular weight is 300 g/mol. The van der Waals surface area contributed by atoms with Crippen molar-refractivity contribution >= 4 is 34.4 Å². The number of halogens is 2. The quantitative estimate of drug-likeness (QED) is 0.566. The van der Waals surface area contributed by atoms with E-state index < -0.39 is 0 Å². The van der Waals surface area contributed by atoms with Crippen LogP contribution in [0.2, 0.25) is 10.2 Å². The summed E-state index contributed by atoms with van der Waals surface area (Å²) in [6.45, 7) is 2.23. The predicted molar refractivity (Wildman–Crippen MR) is 81.0 cm³/mol. The Kier molecular flexibility index (Phi) is 5.46. The fraction of sp³-hybridized carbons (Fsp3) is 0.571. The minimum absolute atomic E-state index is 0.312. The Bertz CT molecular complexity index is 498. The number of aromatic amines is 1. The lowest BCUT2D eigenvalue weighted by Crippen LogP contribution is -1.88. The van der Waals surface area contributed by atoms with E-state index in [0.29, 0.717) is 15.8 Å². The number of unbranched alkanes of at least 4 members (excludes halogenated alkanes) is 5. The Morgan fingerprint density at radius 1 is 1.05 bits per heavy atom. The normalized spacial score (nSPS) is 11.3. The molecule has 19 heavy (non-hydrogen) atoms. The smallest absolute Gasteiger partial charge is 0.179 e. The Labute approximate surface area is 123 Å². The fourth-order valence-corrected chi connectivity index (χ4v) is 2.42. The van der Waals surface area contributed by atoms with E-state index in [4.69, 9.17) is 23.2 Å². The average Bonchev–Trinajstić information content (AvgIpc) is 2.76. The predicted octanol–water partition coefficient (Wildman–Crippen LogP) is 5.17. The van der Waals surface area contributed by atoms with Crippen LogP contribution >= 0.6 is 23.2 Å². The van der Waals surface area contributed by atoms with Crippen LogP contribution in [0.5, 0.6) is 0 Å². The van der Waals surface area contributed by atoms with Crippen molar-refractivity contribution in [1.82, 2.24) is 15.0 Å². The van der Waals surface area contributed by atoms with Gasteiger partial charge in [0.2, 0.25) is 0 Å². The number of hydrogen-bond donors (Lipinski definition) is 1. The van der Waals surface area contributed by atoms with Gasteiger partial charge >= 0.3 is 0 Å². The first-order chi connectivity index (χ1) is 9.20. The minimum Gasteiger partial charge on any atom is -0.341 e. The number of nitrogens with one attached hydrogen (secondary N) is 1. The van der Waals surface area contributed by atoms with Crippen LogP contribution in [0.4, 0.5) is 0 Å². The number of hydrogen-bond acceptors (Lipinski definition) is 2. The lowest BCUT2D eigenvalue weighted by atomic mass is 10.1. The topological polar surface area (TPSA) is 41.6 Å². The molecule has 0 aliphatic heterocycles. The van der Waals surface area contributed by atoms with Gasteiger partial charge in [-0.05, 0) is 12.5 Å². The lowest BCUT2D eigenvalue weighted by molar-refractivity contribution is 0.602. The molecule has 0 amide bonds. The van der Waals surface area contributed by atoms with Gasteiger partial charge in [-0.25, -0.2) is 9.97 Å². The van der Waals surface area contributed by atoms with E-state index in [0.717, 1.165) is 24.2 Å².